The molecule has 3 aliphatic rings. The van der Waals surface area contributed by atoms with Crippen molar-refractivity contribution in [3.63, 3.8) is 0 Å². The normalized spacial score (nSPS) is 32.9. The molecule has 2 N–H and O–H groups in total. The number of aliphatic hydroxyl groups excluding tert-OH is 1. The summed E-state index contributed by atoms with van der Waals surface area (Å²) in [6, 6.07) is 3.19. The zero-order valence-electron chi connectivity index (χ0n) is 18.9. The topological polar surface area (TPSA) is 115 Å². The zero-order chi connectivity index (χ0) is 25.9. The maximum atomic E-state index is 13.9. The maximum Gasteiger partial charge on any atom is 0.417 e. The maximum absolute atomic E-state index is 13.9. The van der Waals surface area contributed by atoms with Crippen LogP contribution in [0.2, 0.25) is 5.02 Å². The van der Waals surface area contributed by atoms with Crippen LogP contribution in [0.25, 0.3) is 0 Å². The molecule has 3 aliphatic heterocycles. The average molecular weight is 518 g/mol. The number of fused-ring (bicyclic) bond motifs is 1. The van der Waals surface area contributed by atoms with E-state index >= 15 is 0 Å². The highest BCUT2D eigenvalue weighted by atomic mass is 35.5. The minimum absolute atomic E-state index is 0.0848. The number of rotatable bonds is 4. The summed E-state index contributed by atoms with van der Waals surface area (Å²) in [5.74, 6) is -4.43. The van der Waals surface area contributed by atoms with Crippen LogP contribution in [-0.4, -0.2) is 71.9 Å². The number of ketones is 1. The van der Waals surface area contributed by atoms with Crippen molar-refractivity contribution in [1.29, 1.82) is 0 Å². The van der Waals surface area contributed by atoms with Crippen molar-refractivity contribution in [1.82, 2.24) is 0 Å². The summed E-state index contributed by atoms with van der Waals surface area (Å²) in [7, 11) is 1.10. The van der Waals surface area contributed by atoms with E-state index in [2.05, 4.69) is 4.99 Å². The number of esters is 1. The minimum atomic E-state index is -4.80. The summed E-state index contributed by atoms with van der Waals surface area (Å²) in [5.41, 5.74) is -3.50. The molecular weight excluding hydrogens is 495 g/mol. The van der Waals surface area contributed by atoms with Crippen LogP contribution in [0.4, 0.5) is 13.2 Å². The van der Waals surface area contributed by atoms with Gasteiger partial charge in [-0.1, -0.05) is 23.7 Å². The number of benzene rings is 1. The predicted molar refractivity (Wildman–Crippen MR) is 116 cm³/mol. The van der Waals surface area contributed by atoms with E-state index < -0.39 is 70.9 Å². The summed E-state index contributed by atoms with van der Waals surface area (Å²) < 4.78 is 56.7. The molecule has 8 nitrogen and oxygen atoms in total. The molecule has 2 saturated heterocycles. The van der Waals surface area contributed by atoms with Crippen LogP contribution >= 0.6 is 11.6 Å². The van der Waals surface area contributed by atoms with E-state index in [1.54, 1.807) is 0 Å². The summed E-state index contributed by atoms with van der Waals surface area (Å²) in [6.07, 6.45) is -8.05. The number of carbonyl (C=O) groups is 2. The number of aliphatic hydroxyl groups is 2. The number of carbonyl (C=O) groups excluding carboxylic acids is 2. The lowest BCUT2D eigenvalue weighted by atomic mass is 9.71. The summed E-state index contributed by atoms with van der Waals surface area (Å²) in [6.45, 7) is 2.23. The van der Waals surface area contributed by atoms with Gasteiger partial charge in [0.05, 0.1) is 30.9 Å². The lowest BCUT2D eigenvalue weighted by Gasteiger charge is -2.36. The number of allylic oxidation sites excluding steroid dienone is 1. The Hall–Kier alpha value is -2.31. The molecule has 1 aromatic rings. The molecule has 4 rings (SSSR count). The molecule has 0 amide bonds. The van der Waals surface area contributed by atoms with Crippen LogP contribution in [0.5, 0.6) is 0 Å². The zero-order valence-corrected chi connectivity index (χ0v) is 19.7. The van der Waals surface area contributed by atoms with Crippen LogP contribution in [0.15, 0.2) is 34.5 Å². The molecule has 3 heterocycles. The Labute approximate surface area is 203 Å². The Morgan fingerprint density at radius 2 is 1.94 bits per heavy atom. The molecule has 12 heteroatoms. The number of hydrogen-bond donors (Lipinski definition) is 2. The third kappa shape index (κ3) is 4.09. The molecule has 6 atom stereocenters. The second-order valence-corrected chi connectivity index (χ2v) is 9.17. The Morgan fingerprint density at radius 3 is 2.57 bits per heavy atom. The van der Waals surface area contributed by atoms with Gasteiger partial charge >= 0.3 is 12.1 Å². The van der Waals surface area contributed by atoms with Gasteiger partial charge < -0.3 is 24.4 Å². The van der Waals surface area contributed by atoms with Crippen molar-refractivity contribution >= 4 is 29.1 Å². The number of halogens is 4. The summed E-state index contributed by atoms with van der Waals surface area (Å²) in [5, 5.41) is 20.7. The Kier molecular flexibility index (Phi) is 6.60. The number of alkyl halides is 3. The first kappa shape index (κ1) is 25.8. The van der Waals surface area contributed by atoms with Gasteiger partial charge in [0.15, 0.2) is 11.4 Å². The summed E-state index contributed by atoms with van der Waals surface area (Å²) in [4.78, 5) is 31.0. The molecule has 0 aliphatic carbocycles. The molecule has 35 heavy (non-hydrogen) atoms. The van der Waals surface area contributed by atoms with Gasteiger partial charge in [-0.15, -0.1) is 0 Å². The molecule has 0 bridgehead atoms. The van der Waals surface area contributed by atoms with Crippen molar-refractivity contribution < 1.29 is 47.2 Å². The molecule has 2 fully saturated rings. The van der Waals surface area contributed by atoms with Gasteiger partial charge in [-0.25, -0.2) is 0 Å². The lowest BCUT2D eigenvalue weighted by Crippen LogP contribution is -2.53. The largest absolute Gasteiger partial charge is 0.468 e. The first-order chi connectivity index (χ1) is 16.3. The van der Waals surface area contributed by atoms with Crippen molar-refractivity contribution in [2.45, 2.75) is 49.9 Å². The van der Waals surface area contributed by atoms with Crippen molar-refractivity contribution in [2.24, 2.45) is 10.9 Å². The lowest BCUT2D eigenvalue weighted by molar-refractivity contribution is -0.145. The number of hydrogen-bond acceptors (Lipinski definition) is 8. The highest BCUT2D eigenvalue weighted by Gasteiger charge is 2.61. The molecule has 0 radical (unpaired) electrons. The molecule has 0 saturated carbocycles. The number of Topliss-reactive ketones (excluding diaryl/α,β-unsaturated/α-hetero) is 1. The number of ether oxygens (including phenoxy) is 3. The van der Waals surface area contributed by atoms with Gasteiger partial charge in [0.1, 0.15) is 24.2 Å². The molecular formula is C23H23ClF3NO7. The Balaban J connectivity index is 1.90. The highest BCUT2D eigenvalue weighted by Crippen LogP contribution is 2.48. The summed E-state index contributed by atoms with van der Waals surface area (Å²) >= 11 is 6.22. The second kappa shape index (κ2) is 8.97. The predicted octanol–water partition coefficient (Wildman–Crippen LogP) is 2.44. The SMILES string of the molecule is COC(=O)C1C(C)=NC(C)=C(C(=O)[C@@]2(O)CO[C@@H]3[C@@H](O)CO[C@@H]32)C1c1cccc(C(F)(F)F)c1Cl. The van der Waals surface area contributed by atoms with E-state index in [1.807, 2.05) is 0 Å². The molecule has 0 aromatic heterocycles. The first-order valence-electron chi connectivity index (χ1n) is 10.7. The fourth-order valence-corrected chi connectivity index (χ4v) is 5.40. The van der Waals surface area contributed by atoms with Gasteiger partial charge in [-0.3, -0.25) is 14.6 Å². The van der Waals surface area contributed by atoms with E-state index in [1.165, 1.54) is 19.9 Å². The standard InChI is InChI=1S/C23H23ClF3NO7/c1-9-14(19(30)22(32)8-35-18-13(29)7-34-20(18)22)16(15(10(2)28-9)21(31)33-3)11-5-4-6-12(17(11)24)23(25,26)27/h4-6,13,15-16,18,20,29,32H,7-8H2,1-3H3/t13-,15?,16?,18+,20-,22-/m0/s1. The molecule has 0 spiro atoms. The third-order valence-electron chi connectivity index (χ3n) is 6.68. The fraction of sp³-hybridized carbons (Fsp3) is 0.522. The van der Waals surface area contributed by atoms with E-state index in [0.717, 1.165) is 19.2 Å². The van der Waals surface area contributed by atoms with E-state index in [4.69, 9.17) is 25.8 Å². The average Bonchev–Trinajstić information content (AvgIpc) is 3.33. The van der Waals surface area contributed by atoms with Gasteiger partial charge in [0.25, 0.3) is 0 Å². The van der Waals surface area contributed by atoms with Crippen LogP contribution in [0.1, 0.15) is 30.9 Å². The van der Waals surface area contributed by atoms with Gasteiger partial charge in [-0.2, -0.15) is 13.2 Å². The van der Waals surface area contributed by atoms with E-state index in [-0.39, 0.29) is 29.2 Å². The quantitative estimate of drug-likeness (QED) is 0.590. The van der Waals surface area contributed by atoms with E-state index in [0.29, 0.717) is 0 Å². The Bertz CT molecular complexity index is 1130. The molecule has 190 valence electrons. The second-order valence-electron chi connectivity index (χ2n) is 8.79. The molecule has 2 unspecified atom stereocenters. The monoisotopic (exact) mass is 517 g/mol. The minimum Gasteiger partial charge on any atom is -0.468 e. The number of nitrogens with zero attached hydrogens (tertiary/aromatic N) is 1. The first-order valence-corrected chi connectivity index (χ1v) is 11.1. The van der Waals surface area contributed by atoms with Crippen LogP contribution in [0, 0.1) is 5.92 Å². The number of methoxy groups -OCH3 is 1. The van der Waals surface area contributed by atoms with E-state index in [9.17, 15) is 33.0 Å². The van der Waals surface area contributed by atoms with Crippen molar-refractivity contribution in [2.75, 3.05) is 20.3 Å². The number of aliphatic imine (C=N–C) groups is 1. The van der Waals surface area contributed by atoms with Crippen molar-refractivity contribution in [3.8, 4) is 0 Å². The van der Waals surface area contributed by atoms with Crippen LogP contribution in [0.3, 0.4) is 0 Å². The van der Waals surface area contributed by atoms with Crippen LogP contribution in [-0.2, 0) is 30.0 Å². The van der Waals surface area contributed by atoms with Gasteiger partial charge in [0, 0.05) is 22.9 Å². The highest BCUT2D eigenvalue weighted by molar-refractivity contribution is 6.32. The molecule has 1 aromatic carbocycles. The Morgan fingerprint density at radius 1 is 1.26 bits per heavy atom. The van der Waals surface area contributed by atoms with Gasteiger partial charge in [-0.05, 0) is 25.5 Å². The third-order valence-corrected chi connectivity index (χ3v) is 7.10. The fourth-order valence-electron chi connectivity index (χ4n) is 5.05. The van der Waals surface area contributed by atoms with Crippen molar-refractivity contribution in [3.05, 3.63) is 45.6 Å². The van der Waals surface area contributed by atoms with Gasteiger partial charge in [0.2, 0.25) is 0 Å². The van der Waals surface area contributed by atoms with Crippen LogP contribution < -0.4 is 0 Å². The smallest absolute Gasteiger partial charge is 0.417 e.